The van der Waals surface area contributed by atoms with Gasteiger partial charge >= 0.3 is 0 Å². The summed E-state index contributed by atoms with van der Waals surface area (Å²) in [5, 5.41) is 2.87. The third kappa shape index (κ3) is 3.99. The lowest BCUT2D eigenvalue weighted by molar-refractivity contribution is 0.0941. The van der Waals surface area contributed by atoms with E-state index in [0.717, 1.165) is 11.4 Å². The Morgan fingerprint density at radius 2 is 2.04 bits per heavy atom. The summed E-state index contributed by atoms with van der Waals surface area (Å²) in [6.45, 7) is 7.35. The van der Waals surface area contributed by atoms with Crippen molar-refractivity contribution in [2.75, 3.05) is 13.2 Å². The highest BCUT2D eigenvalue weighted by Gasteiger charge is 2.14. The lowest BCUT2D eigenvalue weighted by Gasteiger charge is -2.19. The Bertz CT molecular complexity index is 878. The molecule has 1 amide bonds. The van der Waals surface area contributed by atoms with Gasteiger partial charge in [0.25, 0.3) is 5.91 Å². The van der Waals surface area contributed by atoms with Gasteiger partial charge < -0.3 is 10.1 Å². The van der Waals surface area contributed by atoms with Crippen LogP contribution in [0.4, 0.5) is 0 Å². The van der Waals surface area contributed by atoms with Crippen molar-refractivity contribution in [1.29, 1.82) is 0 Å². The molecule has 0 unspecified atom stereocenters. The molecule has 5 heteroatoms. The van der Waals surface area contributed by atoms with Gasteiger partial charge in [0.1, 0.15) is 23.7 Å². The molecule has 2 heterocycles. The molecule has 0 fully saturated rings. The molecule has 0 bridgehead atoms. The number of nitrogens with one attached hydrogen (secondary N) is 1. The number of imidazole rings is 1. The number of nitrogens with zero attached hydrogens (tertiary/aromatic N) is 2. The standard InChI is InChI=1S/C20H23N3O2/c1-20(2,3)15-7-6-8-16(13-15)25-12-10-21-19(24)17-14-22-18-9-4-5-11-23(17)18/h4-9,11,13-14H,10,12H2,1-3H3,(H,21,24). The van der Waals surface area contributed by atoms with Crippen LogP contribution in [0.1, 0.15) is 36.8 Å². The first-order valence-corrected chi connectivity index (χ1v) is 8.39. The second-order valence-corrected chi connectivity index (χ2v) is 6.95. The first kappa shape index (κ1) is 17.0. The average Bonchev–Trinajstić information content (AvgIpc) is 3.02. The molecule has 0 saturated heterocycles. The summed E-state index contributed by atoms with van der Waals surface area (Å²) < 4.78 is 7.53. The van der Waals surface area contributed by atoms with Crippen molar-refractivity contribution in [3.63, 3.8) is 0 Å². The van der Waals surface area contributed by atoms with E-state index >= 15 is 0 Å². The van der Waals surface area contributed by atoms with Gasteiger partial charge in [0.05, 0.1) is 12.7 Å². The second kappa shape index (κ2) is 6.97. The summed E-state index contributed by atoms with van der Waals surface area (Å²) in [6, 6.07) is 13.7. The summed E-state index contributed by atoms with van der Waals surface area (Å²) >= 11 is 0. The van der Waals surface area contributed by atoms with Crippen LogP contribution < -0.4 is 10.1 Å². The molecule has 0 spiro atoms. The van der Waals surface area contributed by atoms with Crippen LogP contribution in [0.25, 0.3) is 5.65 Å². The lowest BCUT2D eigenvalue weighted by Crippen LogP contribution is -2.29. The molecule has 0 aliphatic heterocycles. The molecule has 2 aromatic heterocycles. The Morgan fingerprint density at radius 3 is 2.84 bits per heavy atom. The number of amides is 1. The van der Waals surface area contributed by atoms with E-state index in [4.69, 9.17) is 4.74 Å². The summed E-state index contributed by atoms with van der Waals surface area (Å²) in [6.07, 6.45) is 3.41. The Morgan fingerprint density at radius 1 is 1.20 bits per heavy atom. The maximum atomic E-state index is 12.3. The fraction of sp³-hybridized carbons (Fsp3) is 0.300. The SMILES string of the molecule is CC(C)(C)c1cccc(OCCNC(=O)c2cnc3ccccn23)c1. The highest BCUT2D eigenvalue weighted by Crippen LogP contribution is 2.25. The maximum Gasteiger partial charge on any atom is 0.270 e. The Kier molecular flexibility index (Phi) is 4.74. The number of pyridine rings is 1. The second-order valence-electron chi connectivity index (χ2n) is 6.95. The number of hydrogen-bond acceptors (Lipinski definition) is 3. The number of benzene rings is 1. The molecule has 0 aliphatic carbocycles. The van der Waals surface area contributed by atoms with Crippen LogP contribution in [0.5, 0.6) is 5.75 Å². The zero-order chi connectivity index (χ0) is 17.9. The van der Waals surface area contributed by atoms with Crippen molar-refractivity contribution in [3.05, 3.63) is 66.1 Å². The quantitative estimate of drug-likeness (QED) is 0.726. The van der Waals surface area contributed by atoms with E-state index in [1.807, 2.05) is 42.6 Å². The molecule has 0 saturated carbocycles. The molecule has 5 nitrogen and oxygen atoms in total. The van der Waals surface area contributed by atoms with E-state index in [2.05, 4.69) is 37.1 Å². The Balaban J connectivity index is 1.54. The van der Waals surface area contributed by atoms with Gasteiger partial charge in [0.2, 0.25) is 0 Å². The summed E-state index contributed by atoms with van der Waals surface area (Å²) in [7, 11) is 0. The molecule has 0 aliphatic rings. The highest BCUT2D eigenvalue weighted by atomic mass is 16.5. The molecular formula is C20H23N3O2. The van der Waals surface area contributed by atoms with Crippen molar-refractivity contribution in [2.24, 2.45) is 0 Å². The number of ether oxygens (including phenoxy) is 1. The monoisotopic (exact) mass is 337 g/mol. The van der Waals surface area contributed by atoms with Crippen LogP contribution in [0.2, 0.25) is 0 Å². The van der Waals surface area contributed by atoms with E-state index in [1.165, 1.54) is 5.56 Å². The number of rotatable bonds is 5. The summed E-state index contributed by atoms with van der Waals surface area (Å²) in [4.78, 5) is 16.5. The summed E-state index contributed by atoms with van der Waals surface area (Å²) in [5.41, 5.74) is 2.57. The molecule has 25 heavy (non-hydrogen) atoms. The molecule has 130 valence electrons. The molecule has 3 rings (SSSR count). The average molecular weight is 337 g/mol. The van der Waals surface area contributed by atoms with Gasteiger partial charge in [-0.2, -0.15) is 0 Å². The smallest absolute Gasteiger partial charge is 0.270 e. The van der Waals surface area contributed by atoms with Crippen LogP contribution in [0.3, 0.4) is 0 Å². The topological polar surface area (TPSA) is 55.6 Å². The van der Waals surface area contributed by atoms with E-state index in [0.29, 0.717) is 18.8 Å². The first-order chi connectivity index (χ1) is 11.9. The van der Waals surface area contributed by atoms with Crippen LogP contribution in [0, 0.1) is 0 Å². The van der Waals surface area contributed by atoms with Gasteiger partial charge in [0.15, 0.2) is 0 Å². The van der Waals surface area contributed by atoms with Crippen molar-refractivity contribution < 1.29 is 9.53 Å². The Labute approximate surface area is 147 Å². The fourth-order valence-corrected chi connectivity index (χ4v) is 2.58. The molecular weight excluding hydrogens is 314 g/mol. The highest BCUT2D eigenvalue weighted by molar-refractivity contribution is 5.93. The van der Waals surface area contributed by atoms with Gasteiger partial charge in [-0.15, -0.1) is 0 Å². The van der Waals surface area contributed by atoms with Crippen molar-refractivity contribution >= 4 is 11.6 Å². The van der Waals surface area contributed by atoms with Gasteiger partial charge in [-0.1, -0.05) is 39.0 Å². The van der Waals surface area contributed by atoms with Gasteiger partial charge in [-0.3, -0.25) is 9.20 Å². The predicted octanol–water partition coefficient (Wildman–Crippen LogP) is 3.44. The minimum Gasteiger partial charge on any atom is -0.492 e. The van der Waals surface area contributed by atoms with Crippen molar-refractivity contribution in [1.82, 2.24) is 14.7 Å². The molecule has 0 atom stereocenters. The number of carbonyl (C=O) groups is 1. The maximum absolute atomic E-state index is 12.3. The van der Waals surface area contributed by atoms with Crippen LogP contribution in [-0.2, 0) is 5.41 Å². The van der Waals surface area contributed by atoms with Gasteiger partial charge in [-0.25, -0.2) is 4.98 Å². The van der Waals surface area contributed by atoms with Crippen LogP contribution >= 0.6 is 0 Å². The zero-order valence-electron chi connectivity index (χ0n) is 14.8. The number of hydrogen-bond donors (Lipinski definition) is 1. The predicted molar refractivity (Wildman–Crippen MR) is 98.2 cm³/mol. The molecule has 1 N–H and O–H groups in total. The molecule has 3 aromatic rings. The van der Waals surface area contributed by atoms with E-state index in [9.17, 15) is 4.79 Å². The minimum absolute atomic E-state index is 0.0800. The minimum atomic E-state index is -0.161. The van der Waals surface area contributed by atoms with E-state index < -0.39 is 0 Å². The van der Waals surface area contributed by atoms with Crippen molar-refractivity contribution in [2.45, 2.75) is 26.2 Å². The lowest BCUT2D eigenvalue weighted by atomic mass is 9.87. The van der Waals surface area contributed by atoms with Crippen LogP contribution in [-0.4, -0.2) is 28.4 Å². The Hall–Kier alpha value is -2.82. The molecule has 1 aromatic carbocycles. The normalized spacial score (nSPS) is 11.5. The fourth-order valence-electron chi connectivity index (χ4n) is 2.58. The van der Waals surface area contributed by atoms with Crippen LogP contribution in [0.15, 0.2) is 54.9 Å². The van der Waals surface area contributed by atoms with Crippen molar-refractivity contribution in [3.8, 4) is 5.75 Å². The number of carbonyl (C=O) groups excluding carboxylic acids is 1. The third-order valence-corrected chi connectivity index (χ3v) is 4.01. The van der Waals surface area contributed by atoms with Gasteiger partial charge in [0, 0.05) is 6.20 Å². The summed E-state index contributed by atoms with van der Waals surface area (Å²) in [5.74, 6) is 0.655. The third-order valence-electron chi connectivity index (χ3n) is 4.01. The van der Waals surface area contributed by atoms with Gasteiger partial charge in [-0.05, 0) is 35.2 Å². The largest absolute Gasteiger partial charge is 0.492 e. The first-order valence-electron chi connectivity index (χ1n) is 8.39. The van der Waals surface area contributed by atoms with E-state index in [-0.39, 0.29) is 11.3 Å². The number of aromatic nitrogens is 2. The number of fused-ring (bicyclic) bond motifs is 1. The zero-order valence-corrected chi connectivity index (χ0v) is 14.8. The molecule has 0 radical (unpaired) electrons. The van der Waals surface area contributed by atoms with E-state index in [1.54, 1.807) is 10.6 Å².